The maximum Gasteiger partial charge on any atom is 0.276 e. The lowest BCUT2D eigenvalue weighted by Gasteiger charge is -2.10. The summed E-state index contributed by atoms with van der Waals surface area (Å²) < 4.78 is 6.81. The van der Waals surface area contributed by atoms with Crippen LogP contribution >= 0.6 is 39.7 Å². The quantitative estimate of drug-likeness (QED) is 0.570. The zero-order valence-electron chi connectivity index (χ0n) is 13.3. The summed E-state index contributed by atoms with van der Waals surface area (Å²) >= 11 is 14.4. The van der Waals surface area contributed by atoms with Gasteiger partial charge in [0.25, 0.3) is 5.91 Å². The molecule has 7 heteroatoms. The topological polar surface area (TPSA) is 41.6 Å². The Morgan fingerprint density at radius 2 is 2.00 bits per heavy atom. The van der Waals surface area contributed by atoms with Crippen LogP contribution < -0.4 is 10.1 Å². The van der Waals surface area contributed by atoms with Crippen LogP contribution in [-0.4, -0.2) is 23.0 Å². The number of halogens is 2. The summed E-state index contributed by atoms with van der Waals surface area (Å²) in [6.45, 7) is 0.397. The van der Waals surface area contributed by atoms with Crippen LogP contribution in [0.15, 0.2) is 52.6 Å². The number of hydrogen-bond acceptors (Lipinski definition) is 3. The van der Waals surface area contributed by atoms with E-state index < -0.39 is 0 Å². The third-order valence-electron chi connectivity index (χ3n) is 3.66. The second kappa shape index (κ2) is 7.56. The van der Waals surface area contributed by atoms with Gasteiger partial charge in [-0.15, -0.1) is 0 Å². The van der Waals surface area contributed by atoms with Crippen LogP contribution in [0.1, 0.15) is 11.1 Å². The molecule has 25 heavy (non-hydrogen) atoms. The molecule has 4 nitrogen and oxygen atoms in total. The van der Waals surface area contributed by atoms with Gasteiger partial charge in [0, 0.05) is 22.1 Å². The number of carbonyl (C=O) groups is 1. The highest BCUT2D eigenvalue weighted by molar-refractivity contribution is 9.10. The molecule has 0 saturated carbocycles. The fourth-order valence-corrected chi connectivity index (χ4v) is 2.98. The van der Waals surface area contributed by atoms with Gasteiger partial charge in [-0.25, -0.2) is 0 Å². The van der Waals surface area contributed by atoms with Gasteiger partial charge in [0.05, 0.1) is 0 Å². The number of carbonyl (C=O) groups excluding carboxylic acids is 1. The molecule has 0 aromatic heterocycles. The molecule has 1 heterocycles. The zero-order chi connectivity index (χ0) is 18.0. The van der Waals surface area contributed by atoms with Gasteiger partial charge in [-0.05, 0) is 54.2 Å². The first-order valence-electron chi connectivity index (χ1n) is 7.41. The lowest BCUT2D eigenvalue weighted by molar-refractivity contribution is -0.121. The molecule has 0 bridgehead atoms. The van der Waals surface area contributed by atoms with Gasteiger partial charge in [-0.1, -0.05) is 39.7 Å². The molecule has 1 aliphatic rings. The first-order chi connectivity index (χ1) is 11.9. The summed E-state index contributed by atoms with van der Waals surface area (Å²) in [5.74, 6) is 0.495. The molecule has 1 aliphatic heterocycles. The number of hydrogen-bond donors (Lipinski definition) is 1. The molecular weight excluding hydrogens is 424 g/mol. The molecule has 0 aliphatic carbocycles. The van der Waals surface area contributed by atoms with Crippen LogP contribution in [0.5, 0.6) is 5.75 Å². The van der Waals surface area contributed by atoms with Crippen LogP contribution in [0.4, 0.5) is 0 Å². The molecule has 1 amide bonds. The normalized spacial score (nSPS) is 15.6. The van der Waals surface area contributed by atoms with Gasteiger partial charge in [-0.3, -0.25) is 9.69 Å². The lowest BCUT2D eigenvalue weighted by atomic mass is 10.1. The Labute approximate surface area is 164 Å². The van der Waals surface area contributed by atoms with Gasteiger partial charge in [-0.2, -0.15) is 0 Å². The monoisotopic (exact) mass is 436 g/mol. The molecule has 0 atom stereocenters. The van der Waals surface area contributed by atoms with E-state index >= 15 is 0 Å². The van der Waals surface area contributed by atoms with Crippen LogP contribution in [0.2, 0.25) is 5.02 Å². The van der Waals surface area contributed by atoms with Crippen LogP contribution in [-0.2, 0) is 11.4 Å². The second-order valence-electron chi connectivity index (χ2n) is 5.45. The summed E-state index contributed by atoms with van der Waals surface area (Å²) in [6.07, 6.45) is 1.74. The van der Waals surface area contributed by atoms with Crippen molar-refractivity contribution < 1.29 is 9.53 Å². The second-order valence-corrected chi connectivity index (χ2v) is 7.19. The number of amides is 1. The molecule has 0 unspecified atom stereocenters. The zero-order valence-corrected chi connectivity index (χ0v) is 16.4. The van der Waals surface area contributed by atoms with Gasteiger partial charge < -0.3 is 10.1 Å². The van der Waals surface area contributed by atoms with Crippen molar-refractivity contribution in [3.63, 3.8) is 0 Å². The molecule has 128 valence electrons. The van der Waals surface area contributed by atoms with E-state index in [-0.39, 0.29) is 5.91 Å². The maximum absolute atomic E-state index is 12.2. The third kappa shape index (κ3) is 4.21. The number of nitrogens with one attached hydrogen (secondary N) is 1. The minimum atomic E-state index is -0.173. The summed E-state index contributed by atoms with van der Waals surface area (Å²) in [7, 11) is 1.64. The fraction of sp³-hybridized carbons (Fsp3) is 0.111. The van der Waals surface area contributed by atoms with E-state index in [2.05, 4.69) is 21.2 Å². The van der Waals surface area contributed by atoms with E-state index in [0.717, 1.165) is 15.6 Å². The predicted octanol–water partition coefficient (Wildman–Crippen LogP) is 4.37. The van der Waals surface area contributed by atoms with E-state index in [0.29, 0.717) is 28.2 Å². The minimum Gasteiger partial charge on any atom is -0.488 e. The molecule has 2 aromatic carbocycles. The van der Waals surface area contributed by atoms with Gasteiger partial charge in [0.15, 0.2) is 5.11 Å². The SMILES string of the molecule is CN1C(=O)C(=Cc2cc(Br)ccc2OCc2ccc(Cl)cc2)NC1=S. The number of likely N-dealkylation sites (N-methyl/N-ethyl adjacent to an activating group) is 1. The number of thiocarbonyl (C=S) groups is 1. The van der Waals surface area contributed by atoms with E-state index in [9.17, 15) is 4.79 Å². The van der Waals surface area contributed by atoms with Crippen molar-refractivity contribution in [3.05, 3.63) is 68.8 Å². The Hall–Kier alpha value is -1.89. The lowest BCUT2D eigenvalue weighted by Crippen LogP contribution is -2.25. The molecular formula is C18H14BrClN2O2S. The Balaban J connectivity index is 1.84. The van der Waals surface area contributed by atoms with Crippen molar-refractivity contribution in [1.82, 2.24) is 10.2 Å². The molecule has 1 N–H and O–H groups in total. The highest BCUT2D eigenvalue weighted by atomic mass is 79.9. The third-order valence-corrected chi connectivity index (χ3v) is 4.78. The molecule has 1 fully saturated rings. The van der Waals surface area contributed by atoms with E-state index in [1.165, 1.54) is 4.90 Å². The van der Waals surface area contributed by atoms with E-state index in [1.807, 2.05) is 42.5 Å². The molecule has 1 saturated heterocycles. The molecule has 2 aromatic rings. The van der Waals surface area contributed by atoms with Crippen molar-refractivity contribution in [1.29, 1.82) is 0 Å². The van der Waals surface area contributed by atoms with Crippen LogP contribution in [0.25, 0.3) is 6.08 Å². The highest BCUT2D eigenvalue weighted by Gasteiger charge is 2.27. The van der Waals surface area contributed by atoms with Crippen molar-refractivity contribution in [2.45, 2.75) is 6.61 Å². The summed E-state index contributed by atoms with van der Waals surface area (Å²) in [5.41, 5.74) is 2.20. The Morgan fingerprint density at radius 3 is 2.64 bits per heavy atom. The van der Waals surface area contributed by atoms with Crippen molar-refractivity contribution in [3.8, 4) is 5.75 Å². The minimum absolute atomic E-state index is 0.173. The van der Waals surface area contributed by atoms with Gasteiger partial charge in [0.1, 0.15) is 18.1 Å². The number of rotatable bonds is 4. The maximum atomic E-state index is 12.2. The Kier molecular flexibility index (Phi) is 5.42. The van der Waals surface area contributed by atoms with Crippen LogP contribution in [0, 0.1) is 0 Å². The van der Waals surface area contributed by atoms with Gasteiger partial charge in [0.2, 0.25) is 0 Å². The Bertz CT molecular complexity index is 868. The van der Waals surface area contributed by atoms with E-state index in [4.69, 9.17) is 28.6 Å². The predicted molar refractivity (Wildman–Crippen MR) is 106 cm³/mol. The van der Waals surface area contributed by atoms with Crippen molar-refractivity contribution >= 4 is 56.8 Å². The first-order valence-corrected chi connectivity index (χ1v) is 8.99. The van der Waals surface area contributed by atoms with Crippen LogP contribution in [0.3, 0.4) is 0 Å². The van der Waals surface area contributed by atoms with Crippen molar-refractivity contribution in [2.75, 3.05) is 7.05 Å². The summed E-state index contributed by atoms with van der Waals surface area (Å²) in [4.78, 5) is 13.6. The van der Waals surface area contributed by atoms with Gasteiger partial charge >= 0.3 is 0 Å². The summed E-state index contributed by atoms with van der Waals surface area (Å²) in [5, 5.41) is 3.98. The average molecular weight is 438 g/mol. The number of nitrogens with zero attached hydrogens (tertiary/aromatic N) is 1. The largest absolute Gasteiger partial charge is 0.488 e. The Morgan fingerprint density at radius 1 is 1.28 bits per heavy atom. The molecule has 0 spiro atoms. The summed E-state index contributed by atoms with van der Waals surface area (Å²) in [6, 6.07) is 13.1. The molecule has 3 rings (SSSR count). The highest BCUT2D eigenvalue weighted by Crippen LogP contribution is 2.27. The standard InChI is InChI=1S/C18H14BrClN2O2S/c1-22-17(23)15(21-18(22)25)9-12-8-13(19)4-7-16(12)24-10-11-2-5-14(20)6-3-11/h2-9H,10H2,1H3,(H,21,25). The molecule has 0 radical (unpaired) electrons. The smallest absolute Gasteiger partial charge is 0.276 e. The van der Waals surface area contributed by atoms with E-state index in [1.54, 1.807) is 13.1 Å². The number of benzene rings is 2. The van der Waals surface area contributed by atoms with Crippen molar-refractivity contribution in [2.24, 2.45) is 0 Å². The average Bonchev–Trinajstić information content (AvgIpc) is 2.83. The first kappa shape index (κ1) is 17.9. The fourth-order valence-electron chi connectivity index (χ4n) is 2.28. The number of ether oxygens (including phenoxy) is 1.